The standard InChI is InChI=1S/C15H16N6O2S/c1-8-10-13(22)17-6-18-14(10)24-11(8)15(23)21-4-2-3-9(5-21)12-16-7-19-20-12/h6-7,9H,2-5H2,1H3,(H,16,19,20)(H,17,18,22)/t9-/m1/s1. The molecule has 1 aliphatic rings. The smallest absolute Gasteiger partial charge is 0.264 e. The monoisotopic (exact) mass is 344 g/mol. The van der Waals surface area contributed by atoms with Gasteiger partial charge in [-0.3, -0.25) is 14.7 Å². The Balaban J connectivity index is 1.65. The number of nitrogens with zero attached hydrogens (tertiary/aromatic N) is 4. The number of carbonyl (C=O) groups excluding carboxylic acids is 1. The molecule has 0 radical (unpaired) electrons. The lowest BCUT2D eigenvalue weighted by Crippen LogP contribution is -2.39. The molecule has 0 unspecified atom stereocenters. The van der Waals surface area contributed by atoms with Crippen LogP contribution in [0.1, 0.15) is 39.8 Å². The van der Waals surface area contributed by atoms with E-state index in [4.69, 9.17) is 0 Å². The number of rotatable bonds is 2. The summed E-state index contributed by atoms with van der Waals surface area (Å²) in [6.45, 7) is 3.12. The summed E-state index contributed by atoms with van der Waals surface area (Å²) in [4.78, 5) is 38.9. The largest absolute Gasteiger partial charge is 0.337 e. The number of hydrogen-bond acceptors (Lipinski definition) is 6. The molecule has 1 saturated heterocycles. The summed E-state index contributed by atoms with van der Waals surface area (Å²) >= 11 is 1.28. The maximum atomic E-state index is 13.0. The van der Waals surface area contributed by atoms with Gasteiger partial charge in [0.2, 0.25) is 0 Å². The van der Waals surface area contributed by atoms with E-state index in [1.807, 2.05) is 4.90 Å². The average Bonchev–Trinajstić information content (AvgIpc) is 3.23. The Morgan fingerprint density at radius 1 is 1.42 bits per heavy atom. The molecule has 9 heteroatoms. The van der Waals surface area contributed by atoms with Crippen LogP contribution in [0.5, 0.6) is 0 Å². The van der Waals surface area contributed by atoms with E-state index in [1.165, 1.54) is 24.0 Å². The lowest BCUT2D eigenvalue weighted by atomic mass is 9.97. The summed E-state index contributed by atoms with van der Waals surface area (Å²) in [6.07, 6.45) is 4.76. The van der Waals surface area contributed by atoms with Crippen molar-refractivity contribution in [2.45, 2.75) is 25.7 Å². The second-order valence-electron chi connectivity index (χ2n) is 5.93. The summed E-state index contributed by atoms with van der Waals surface area (Å²) in [5.41, 5.74) is 0.502. The maximum Gasteiger partial charge on any atom is 0.264 e. The number of thiophene rings is 1. The van der Waals surface area contributed by atoms with Gasteiger partial charge in [0.15, 0.2) is 0 Å². The molecule has 1 amide bonds. The molecule has 4 rings (SSSR count). The number of H-pyrrole nitrogens is 2. The molecule has 0 bridgehead atoms. The third-order valence-corrected chi connectivity index (χ3v) is 5.64. The van der Waals surface area contributed by atoms with Gasteiger partial charge in [-0.05, 0) is 25.3 Å². The molecule has 3 aromatic rings. The first kappa shape index (κ1) is 15.0. The lowest BCUT2D eigenvalue weighted by Gasteiger charge is -2.31. The number of likely N-dealkylation sites (tertiary alicyclic amines) is 1. The number of aromatic amines is 2. The first-order chi connectivity index (χ1) is 11.6. The van der Waals surface area contributed by atoms with E-state index < -0.39 is 0 Å². The Labute approximate surface area is 140 Å². The third kappa shape index (κ3) is 2.41. The van der Waals surface area contributed by atoms with E-state index in [0.717, 1.165) is 18.7 Å². The Morgan fingerprint density at radius 2 is 2.29 bits per heavy atom. The van der Waals surface area contributed by atoms with Crippen molar-refractivity contribution in [3.63, 3.8) is 0 Å². The number of piperidine rings is 1. The molecule has 0 spiro atoms. The van der Waals surface area contributed by atoms with Crippen LogP contribution in [-0.4, -0.2) is 49.0 Å². The van der Waals surface area contributed by atoms with Crippen LogP contribution in [0.3, 0.4) is 0 Å². The van der Waals surface area contributed by atoms with Gasteiger partial charge in [0, 0.05) is 19.0 Å². The molecule has 2 N–H and O–H groups in total. The summed E-state index contributed by atoms with van der Waals surface area (Å²) in [5.74, 6) is 0.944. The molecular weight excluding hydrogens is 328 g/mol. The van der Waals surface area contributed by atoms with Gasteiger partial charge in [-0.2, -0.15) is 5.10 Å². The van der Waals surface area contributed by atoms with Crippen LogP contribution in [0.25, 0.3) is 10.2 Å². The second-order valence-corrected chi connectivity index (χ2v) is 6.93. The van der Waals surface area contributed by atoms with Crippen LogP contribution >= 0.6 is 11.3 Å². The van der Waals surface area contributed by atoms with Gasteiger partial charge in [0.25, 0.3) is 11.5 Å². The molecule has 1 aliphatic heterocycles. The van der Waals surface area contributed by atoms with Crippen LogP contribution < -0.4 is 5.56 Å². The molecular formula is C15H16N6O2S. The Kier molecular flexibility index (Phi) is 3.64. The lowest BCUT2D eigenvalue weighted by molar-refractivity contribution is 0.0709. The van der Waals surface area contributed by atoms with Gasteiger partial charge in [0.1, 0.15) is 17.0 Å². The van der Waals surface area contributed by atoms with Gasteiger partial charge in [0.05, 0.1) is 16.6 Å². The average molecular weight is 344 g/mol. The fourth-order valence-corrected chi connectivity index (χ4v) is 4.34. The summed E-state index contributed by atoms with van der Waals surface area (Å²) < 4.78 is 0. The van der Waals surface area contributed by atoms with Crippen LogP contribution in [0.4, 0.5) is 0 Å². The Bertz CT molecular complexity index is 945. The number of carbonyl (C=O) groups is 1. The van der Waals surface area contributed by atoms with Gasteiger partial charge >= 0.3 is 0 Å². The number of aryl methyl sites for hydroxylation is 1. The van der Waals surface area contributed by atoms with Crippen LogP contribution in [0.2, 0.25) is 0 Å². The van der Waals surface area contributed by atoms with E-state index in [1.54, 1.807) is 6.92 Å². The van der Waals surface area contributed by atoms with Gasteiger partial charge < -0.3 is 9.88 Å². The van der Waals surface area contributed by atoms with Crippen molar-refractivity contribution in [3.8, 4) is 0 Å². The Hall–Kier alpha value is -2.55. The molecule has 0 saturated carbocycles. The highest BCUT2D eigenvalue weighted by Crippen LogP contribution is 2.30. The molecule has 8 nitrogen and oxygen atoms in total. The highest BCUT2D eigenvalue weighted by molar-refractivity contribution is 7.20. The minimum absolute atomic E-state index is 0.0425. The number of hydrogen-bond donors (Lipinski definition) is 2. The number of amides is 1. The van der Waals surface area contributed by atoms with Gasteiger partial charge in [-0.1, -0.05) is 0 Å². The van der Waals surface area contributed by atoms with E-state index in [0.29, 0.717) is 33.7 Å². The van der Waals surface area contributed by atoms with Crippen molar-refractivity contribution in [1.82, 2.24) is 30.0 Å². The third-order valence-electron chi connectivity index (χ3n) is 4.46. The van der Waals surface area contributed by atoms with Crippen molar-refractivity contribution in [2.75, 3.05) is 13.1 Å². The van der Waals surface area contributed by atoms with Crippen molar-refractivity contribution in [2.24, 2.45) is 0 Å². The van der Waals surface area contributed by atoms with Gasteiger partial charge in [-0.25, -0.2) is 9.97 Å². The van der Waals surface area contributed by atoms with Crippen molar-refractivity contribution >= 4 is 27.5 Å². The minimum atomic E-state index is -0.203. The molecule has 1 fully saturated rings. The fraction of sp³-hybridized carbons (Fsp3) is 0.400. The zero-order valence-electron chi connectivity index (χ0n) is 13.1. The normalized spacial score (nSPS) is 18.2. The first-order valence-corrected chi connectivity index (χ1v) is 8.58. The zero-order valence-corrected chi connectivity index (χ0v) is 13.9. The maximum absolute atomic E-state index is 13.0. The van der Waals surface area contributed by atoms with E-state index in [2.05, 4.69) is 25.1 Å². The topological polar surface area (TPSA) is 108 Å². The molecule has 0 aromatic carbocycles. The van der Waals surface area contributed by atoms with Crippen molar-refractivity contribution in [3.05, 3.63) is 39.3 Å². The summed E-state index contributed by atoms with van der Waals surface area (Å²) in [7, 11) is 0. The van der Waals surface area contributed by atoms with E-state index in [9.17, 15) is 9.59 Å². The zero-order chi connectivity index (χ0) is 16.7. The van der Waals surface area contributed by atoms with Crippen LogP contribution in [0, 0.1) is 6.92 Å². The minimum Gasteiger partial charge on any atom is -0.337 e. The van der Waals surface area contributed by atoms with Crippen molar-refractivity contribution < 1.29 is 4.79 Å². The molecule has 1 atom stereocenters. The number of fused-ring (bicyclic) bond motifs is 1. The van der Waals surface area contributed by atoms with E-state index >= 15 is 0 Å². The Morgan fingerprint density at radius 3 is 3.04 bits per heavy atom. The van der Waals surface area contributed by atoms with E-state index in [-0.39, 0.29) is 17.4 Å². The summed E-state index contributed by atoms with van der Waals surface area (Å²) in [6, 6.07) is 0. The highest BCUT2D eigenvalue weighted by atomic mass is 32.1. The second kappa shape index (κ2) is 5.82. The number of nitrogens with one attached hydrogen (secondary N) is 2. The SMILES string of the molecule is Cc1c(C(=O)N2CCC[C@@H](c3ncn[nH]3)C2)sc2nc[nH]c(=O)c12. The van der Waals surface area contributed by atoms with Crippen molar-refractivity contribution in [1.29, 1.82) is 0 Å². The molecule has 24 heavy (non-hydrogen) atoms. The fourth-order valence-electron chi connectivity index (χ4n) is 3.22. The highest BCUT2D eigenvalue weighted by Gasteiger charge is 2.29. The predicted octanol–water partition coefficient (Wildman–Crippen LogP) is 1.43. The molecule has 124 valence electrons. The predicted molar refractivity (Wildman–Crippen MR) is 89.2 cm³/mol. The molecule has 3 aromatic heterocycles. The summed E-state index contributed by atoms with van der Waals surface area (Å²) in [5, 5.41) is 7.30. The molecule has 0 aliphatic carbocycles. The first-order valence-electron chi connectivity index (χ1n) is 7.76. The van der Waals surface area contributed by atoms with Gasteiger partial charge in [-0.15, -0.1) is 11.3 Å². The molecule has 4 heterocycles. The quantitative estimate of drug-likeness (QED) is 0.731. The van der Waals surface area contributed by atoms with Crippen LogP contribution in [0.15, 0.2) is 17.4 Å². The van der Waals surface area contributed by atoms with Crippen LogP contribution in [-0.2, 0) is 0 Å². The number of aromatic nitrogens is 5.